The number of fused-ring (bicyclic) bond motifs is 1. The molecule has 2 N–H and O–H groups in total. The molecular formula is C23H22ClN3O3. The van der Waals surface area contributed by atoms with Gasteiger partial charge in [-0.1, -0.05) is 29.8 Å². The summed E-state index contributed by atoms with van der Waals surface area (Å²) in [7, 11) is 1.52. The number of para-hydroxylation sites is 1. The summed E-state index contributed by atoms with van der Waals surface area (Å²) in [4.78, 5) is 15.7. The number of carbonyl (C=O) groups excluding carboxylic acids is 1. The molecule has 7 heteroatoms. The maximum atomic E-state index is 12.5. The Labute approximate surface area is 180 Å². The van der Waals surface area contributed by atoms with Crippen LogP contribution in [0.25, 0.3) is 17.0 Å². The average Bonchev–Trinajstić information content (AvgIpc) is 3.17. The fourth-order valence-corrected chi connectivity index (χ4v) is 3.35. The lowest BCUT2D eigenvalue weighted by atomic mass is 10.1. The first-order valence-corrected chi connectivity index (χ1v) is 9.90. The van der Waals surface area contributed by atoms with Crippen LogP contribution in [0.2, 0.25) is 5.02 Å². The Kier molecular flexibility index (Phi) is 6.99. The number of H-pyrrole nitrogens is 1. The van der Waals surface area contributed by atoms with E-state index in [1.807, 2.05) is 43.5 Å². The van der Waals surface area contributed by atoms with E-state index in [1.54, 1.807) is 12.1 Å². The summed E-state index contributed by atoms with van der Waals surface area (Å²) < 4.78 is 10.8. The normalized spacial score (nSPS) is 11.2. The van der Waals surface area contributed by atoms with Crippen molar-refractivity contribution in [2.45, 2.75) is 13.3 Å². The van der Waals surface area contributed by atoms with Gasteiger partial charge >= 0.3 is 0 Å². The van der Waals surface area contributed by atoms with Crippen LogP contribution in [0.4, 0.5) is 0 Å². The molecule has 0 saturated heterocycles. The second-order valence-electron chi connectivity index (χ2n) is 6.49. The summed E-state index contributed by atoms with van der Waals surface area (Å²) in [6, 6.07) is 13.2. The largest absolute Gasteiger partial charge is 0.493 e. The van der Waals surface area contributed by atoms with Gasteiger partial charge in [0.25, 0.3) is 5.91 Å². The van der Waals surface area contributed by atoms with Gasteiger partial charge in [0.2, 0.25) is 0 Å². The number of aromatic nitrogens is 1. The lowest BCUT2D eigenvalue weighted by Crippen LogP contribution is -2.26. The molecule has 154 valence electrons. The fourth-order valence-electron chi connectivity index (χ4n) is 3.14. The van der Waals surface area contributed by atoms with Crippen LogP contribution in [0.1, 0.15) is 18.1 Å². The zero-order valence-corrected chi connectivity index (χ0v) is 17.5. The van der Waals surface area contributed by atoms with Crippen molar-refractivity contribution < 1.29 is 14.3 Å². The van der Waals surface area contributed by atoms with Crippen molar-refractivity contribution in [2.75, 3.05) is 20.3 Å². The Bertz CT molecular complexity index is 1130. The number of nitriles is 1. The fraction of sp³-hybridized carbons (Fsp3) is 0.217. The summed E-state index contributed by atoms with van der Waals surface area (Å²) in [5.41, 5.74) is 2.62. The third kappa shape index (κ3) is 4.76. The smallest absolute Gasteiger partial charge is 0.261 e. The molecule has 0 fully saturated rings. The van der Waals surface area contributed by atoms with Crippen LogP contribution < -0.4 is 14.8 Å². The summed E-state index contributed by atoms with van der Waals surface area (Å²) in [5, 5.41) is 13.7. The van der Waals surface area contributed by atoms with Gasteiger partial charge < -0.3 is 19.8 Å². The first-order chi connectivity index (χ1) is 14.6. The van der Waals surface area contributed by atoms with Crippen LogP contribution >= 0.6 is 11.6 Å². The van der Waals surface area contributed by atoms with Crippen LogP contribution in [-0.4, -0.2) is 31.2 Å². The minimum Gasteiger partial charge on any atom is -0.493 e. The number of ether oxygens (including phenoxy) is 2. The highest BCUT2D eigenvalue weighted by Crippen LogP contribution is 2.34. The molecule has 0 bridgehead atoms. The van der Waals surface area contributed by atoms with E-state index < -0.39 is 5.91 Å². The topological polar surface area (TPSA) is 87.1 Å². The average molecular weight is 424 g/mol. The number of rotatable bonds is 8. The van der Waals surface area contributed by atoms with Gasteiger partial charge in [-0.2, -0.15) is 5.26 Å². The van der Waals surface area contributed by atoms with E-state index >= 15 is 0 Å². The minimum absolute atomic E-state index is 0.0385. The highest BCUT2D eigenvalue weighted by molar-refractivity contribution is 6.32. The summed E-state index contributed by atoms with van der Waals surface area (Å²) in [6.45, 7) is 2.70. The summed E-state index contributed by atoms with van der Waals surface area (Å²) in [5.74, 6) is 0.524. The first-order valence-electron chi connectivity index (χ1n) is 9.52. The standard InChI is InChI=1S/C23H22ClN3O3/c1-3-30-22-11-16(19(24)12-21(22)29-2)10-17(13-25)23(28)26-9-8-15-14-27-20-7-5-4-6-18(15)20/h4-7,10-12,14,27H,3,8-9H2,1-2H3,(H,26,28)/b17-10-. The molecule has 0 aliphatic heterocycles. The van der Waals surface area contributed by atoms with Crippen molar-refractivity contribution in [3.05, 3.63) is 64.3 Å². The number of hydrogen-bond acceptors (Lipinski definition) is 4. The quantitative estimate of drug-likeness (QED) is 0.412. The number of benzene rings is 2. The molecular weight excluding hydrogens is 402 g/mol. The number of halogens is 1. The monoisotopic (exact) mass is 423 g/mol. The van der Waals surface area contributed by atoms with Gasteiger partial charge in [-0.3, -0.25) is 4.79 Å². The van der Waals surface area contributed by atoms with Crippen LogP contribution in [-0.2, 0) is 11.2 Å². The third-order valence-corrected chi connectivity index (χ3v) is 4.93. The Morgan fingerprint density at radius 2 is 2.10 bits per heavy atom. The molecule has 0 atom stereocenters. The van der Waals surface area contributed by atoms with Gasteiger partial charge in [0, 0.05) is 29.7 Å². The second kappa shape index (κ2) is 9.86. The van der Waals surface area contributed by atoms with Crippen LogP contribution in [0.3, 0.4) is 0 Å². The third-order valence-electron chi connectivity index (χ3n) is 4.60. The molecule has 3 rings (SSSR count). The molecule has 1 amide bonds. The van der Waals surface area contributed by atoms with Crippen molar-refractivity contribution >= 4 is 34.5 Å². The van der Waals surface area contributed by atoms with Crippen molar-refractivity contribution in [1.29, 1.82) is 5.26 Å². The molecule has 3 aromatic rings. The van der Waals surface area contributed by atoms with E-state index in [0.717, 1.165) is 16.5 Å². The van der Waals surface area contributed by atoms with Crippen LogP contribution in [0.15, 0.2) is 48.2 Å². The van der Waals surface area contributed by atoms with Crippen molar-refractivity contribution in [1.82, 2.24) is 10.3 Å². The summed E-state index contributed by atoms with van der Waals surface area (Å²) in [6.07, 6.45) is 4.03. The predicted octanol–water partition coefficient (Wildman–Crippen LogP) is 4.49. The predicted molar refractivity (Wildman–Crippen MR) is 118 cm³/mol. The molecule has 1 aromatic heterocycles. The highest BCUT2D eigenvalue weighted by Gasteiger charge is 2.14. The van der Waals surface area contributed by atoms with Gasteiger partial charge in [0.1, 0.15) is 11.6 Å². The van der Waals surface area contributed by atoms with E-state index in [9.17, 15) is 10.1 Å². The van der Waals surface area contributed by atoms with Crippen LogP contribution in [0, 0.1) is 11.3 Å². The molecule has 1 heterocycles. The number of hydrogen-bond donors (Lipinski definition) is 2. The van der Waals surface area contributed by atoms with E-state index in [2.05, 4.69) is 10.3 Å². The summed E-state index contributed by atoms with van der Waals surface area (Å²) >= 11 is 6.29. The van der Waals surface area contributed by atoms with Crippen molar-refractivity contribution in [3.63, 3.8) is 0 Å². The van der Waals surface area contributed by atoms with Crippen molar-refractivity contribution in [2.24, 2.45) is 0 Å². The molecule has 0 saturated carbocycles. The number of carbonyl (C=O) groups is 1. The number of nitrogens with zero attached hydrogens (tertiary/aromatic N) is 1. The highest BCUT2D eigenvalue weighted by atomic mass is 35.5. The zero-order chi connectivity index (χ0) is 21.5. The maximum Gasteiger partial charge on any atom is 0.261 e. The first kappa shape index (κ1) is 21.3. The van der Waals surface area contributed by atoms with E-state index in [0.29, 0.717) is 41.7 Å². The number of methoxy groups -OCH3 is 1. The molecule has 0 spiro atoms. The molecule has 30 heavy (non-hydrogen) atoms. The molecule has 0 radical (unpaired) electrons. The number of amides is 1. The van der Waals surface area contributed by atoms with Gasteiger partial charge in [-0.25, -0.2) is 0 Å². The Hall–Kier alpha value is -3.43. The van der Waals surface area contributed by atoms with Gasteiger partial charge in [0.15, 0.2) is 11.5 Å². The van der Waals surface area contributed by atoms with E-state index in [4.69, 9.17) is 21.1 Å². The molecule has 0 unspecified atom stereocenters. The number of aromatic amines is 1. The zero-order valence-electron chi connectivity index (χ0n) is 16.8. The van der Waals surface area contributed by atoms with E-state index in [1.165, 1.54) is 13.2 Å². The SMILES string of the molecule is CCOc1cc(/C=C(/C#N)C(=O)NCCc2c[nH]c3ccccc23)c(Cl)cc1OC. The van der Waals surface area contributed by atoms with Crippen molar-refractivity contribution in [3.8, 4) is 17.6 Å². The van der Waals surface area contributed by atoms with Gasteiger partial charge in [0.05, 0.1) is 18.7 Å². The minimum atomic E-state index is -0.456. The van der Waals surface area contributed by atoms with Gasteiger partial charge in [-0.15, -0.1) is 0 Å². The Morgan fingerprint density at radius 1 is 1.30 bits per heavy atom. The Morgan fingerprint density at radius 3 is 2.83 bits per heavy atom. The number of nitrogens with one attached hydrogen (secondary N) is 2. The second-order valence-corrected chi connectivity index (χ2v) is 6.90. The van der Waals surface area contributed by atoms with E-state index in [-0.39, 0.29) is 5.57 Å². The Balaban J connectivity index is 1.72. The maximum absolute atomic E-state index is 12.5. The lowest BCUT2D eigenvalue weighted by molar-refractivity contribution is -0.117. The van der Waals surface area contributed by atoms with Gasteiger partial charge in [-0.05, 0) is 42.7 Å². The molecule has 2 aromatic carbocycles. The molecule has 0 aliphatic carbocycles. The molecule has 6 nitrogen and oxygen atoms in total. The lowest BCUT2D eigenvalue weighted by Gasteiger charge is -2.11. The molecule has 0 aliphatic rings. The van der Waals surface area contributed by atoms with Crippen LogP contribution in [0.5, 0.6) is 11.5 Å².